The van der Waals surface area contributed by atoms with E-state index in [0.29, 0.717) is 0 Å². The molecule has 13 heavy (non-hydrogen) atoms. The summed E-state index contributed by atoms with van der Waals surface area (Å²) in [5.41, 5.74) is 1.03. The third-order valence-electron chi connectivity index (χ3n) is 2.19. The molecule has 0 unspecified atom stereocenters. The van der Waals surface area contributed by atoms with Gasteiger partial charge < -0.3 is 15.7 Å². The second-order valence-electron chi connectivity index (χ2n) is 3.19. The maximum Gasteiger partial charge on any atom is 0.134 e. The lowest BCUT2D eigenvalue weighted by atomic mass is 10.1. The molecule has 1 aromatic rings. The summed E-state index contributed by atoms with van der Waals surface area (Å²) in [4.78, 5) is 3.94. The first-order valence-electron chi connectivity index (χ1n) is 4.44. The van der Waals surface area contributed by atoms with E-state index in [4.69, 9.17) is 0 Å². The minimum absolute atomic E-state index is 0.227. The van der Waals surface area contributed by atoms with Crippen LogP contribution in [0.1, 0.15) is 11.6 Å². The summed E-state index contributed by atoms with van der Waals surface area (Å²) in [6.07, 6.45) is 3.23. The number of nitrogens with one attached hydrogen (secondary N) is 2. The molecular weight excluding hydrogens is 166 g/mol. The van der Waals surface area contributed by atoms with Crippen LogP contribution < -0.4 is 10.6 Å². The van der Waals surface area contributed by atoms with Crippen molar-refractivity contribution in [3.05, 3.63) is 24.0 Å². The Kier molecular flexibility index (Phi) is 2.42. The molecule has 2 heterocycles. The van der Waals surface area contributed by atoms with Crippen LogP contribution in [0.2, 0.25) is 0 Å². The highest BCUT2D eigenvalue weighted by molar-refractivity contribution is 5.25. The van der Waals surface area contributed by atoms with Gasteiger partial charge in [-0.3, -0.25) is 4.98 Å². The summed E-state index contributed by atoms with van der Waals surface area (Å²) in [7, 11) is 0. The van der Waals surface area contributed by atoms with Crippen molar-refractivity contribution in [1.29, 1.82) is 0 Å². The van der Waals surface area contributed by atoms with Gasteiger partial charge in [0.25, 0.3) is 0 Å². The Balaban J connectivity index is 2.14. The quantitative estimate of drug-likeness (QED) is 0.569. The number of hydrogen-bond donors (Lipinski definition) is 3. The van der Waals surface area contributed by atoms with Gasteiger partial charge in [-0.05, 0) is 11.6 Å². The number of rotatable bonds is 1. The minimum Gasteiger partial charge on any atom is -0.506 e. The van der Waals surface area contributed by atoms with E-state index < -0.39 is 0 Å². The maximum atomic E-state index is 9.23. The second-order valence-corrected chi connectivity index (χ2v) is 3.19. The molecule has 0 aliphatic carbocycles. The van der Waals surface area contributed by atoms with Crippen LogP contribution in [0.25, 0.3) is 0 Å². The topological polar surface area (TPSA) is 57.2 Å². The van der Waals surface area contributed by atoms with Crippen molar-refractivity contribution < 1.29 is 5.11 Å². The van der Waals surface area contributed by atoms with E-state index in [1.54, 1.807) is 12.3 Å². The van der Waals surface area contributed by atoms with Crippen LogP contribution in [0.4, 0.5) is 0 Å². The van der Waals surface area contributed by atoms with Gasteiger partial charge in [0.15, 0.2) is 0 Å². The van der Waals surface area contributed by atoms with Crippen molar-refractivity contribution in [2.24, 2.45) is 0 Å². The lowest BCUT2D eigenvalue weighted by Crippen LogP contribution is -2.42. The van der Waals surface area contributed by atoms with E-state index in [1.165, 1.54) is 6.20 Å². The van der Waals surface area contributed by atoms with Crippen molar-refractivity contribution in [3.63, 3.8) is 0 Å². The van der Waals surface area contributed by atoms with Gasteiger partial charge in [-0.2, -0.15) is 0 Å². The summed E-state index contributed by atoms with van der Waals surface area (Å²) in [5.74, 6) is 0.227. The van der Waals surface area contributed by atoms with Crippen molar-refractivity contribution in [2.45, 2.75) is 6.04 Å². The van der Waals surface area contributed by atoms with Gasteiger partial charge in [0.1, 0.15) is 5.75 Å². The monoisotopic (exact) mass is 179 g/mol. The largest absolute Gasteiger partial charge is 0.506 e. The highest BCUT2D eigenvalue weighted by Gasteiger charge is 2.14. The van der Waals surface area contributed by atoms with Gasteiger partial charge in [0, 0.05) is 31.9 Å². The molecule has 3 N–H and O–H groups in total. The molecule has 0 amide bonds. The van der Waals surface area contributed by atoms with E-state index in [1.807, 2.05) is 0 Å². The van der Waals surface area contributed by atoms with Crippen molar-refractivity contribution >= 4 is 0 Å². The number of aromatic nitrogens is 1. The number of piperazine rings is 1. The average molecular weight is 179 g/mol. The van der Waals surface area contributed by atoms with Crippen LogP contribution in [0.5, 0.6) is 5.75 Å². The molecule has 0 bridgehead atoms. The molecule has 1 aliphatic rings. The van der Waals surface area contributed by atoms with Gasteiger partial charge in [0.05, 0.1) is 6.20 Å². The Bertz CT molecular complexity index is 284. The molecule has 1 saturated heterocycles. The molecule has 1 aliphatic heterocycles. The number of aromatic hydroxyl groups is 1. The predicted octanol–water partition coefficient (Wildman–Crippen LogP) is 0.0211. The average Bonchev–Trinajstić information content (AvgIpc) is 2.19. The fourth-order valence-corrected chi connectivity index (χ4v) is 1.52. The van der Waals surface area contributed by atoms with Crippen molar-refractivity contribution in [1.82, 2.24) is 15.6 Å². The summed E-state index contributed by atoms with van der Waals surface area (Å²) in [6, 6.07) is 2.02. The van der Waals surface area contributed by atoms with E-state index in [9.17, 15) is 5.11 Å². The summed E-state index contributed by atoms with van der Waals surface area (Å²) < 4.78 is 0. The van der Waals surface area contributed by atoms with Crippen LogP contribution in [0, 0.1) is 0 Å². The molecule has 4 heteroatoms. The van der Waals surface area contributed by atoms with E-state index in [-0.39, 0.29) is 11.8 Å². The first-order valence-corrected chi connectivity index (χ1v) is 4.44. The fraction of sp³-hybridized carbons (Fsp3) is 0.444. The summed E-state index contributed by atoms with van der Waals surface area (Å²) in [6.45, 7) is 2.86. The fourth-order valence-electron chi connectivity index (χ4n) is 1.52. The van der Waals surface area contributed by atoms with Gasteiger partial charge in [-0.15, -0.1) is 0 Å². The maximum absolute atomic E-state index is 9.23. The summed E-state index contributed by atoms with van der Waals surface area (Å²) >= 11 is 0. The zero-order valence-electron chi connectivity index (χ0n) is 7.33. The van der Waals surface area contributed by atoms with Gasteiger partial charge >= 0.3 is 0 Å². The molecule has 0 aromatic carbocycles. The predicted molar refractivity (Wildman–Crippen MR) is 49.5 cm³/mol. The second kappa shape index (κ2) is 3.72. The molecule has 0 radical (unpaired) electrons. The third-order valence-corrected chi connectivity index (χ3v) is 2.19. The lowest BCUT2D eigenvalue weighted by molar-refractivity contribution is 0.424. The van der Waals surface area contributed by atoms with E-state index >= 15 is 0 Å². The highest BCUT2D eigenvalue weighted by Crippen LogP contribution is 2.16. The standard InChI is InChI=1S/C9H13N3O/c13-8-3-7(4-11-5-8)9-6-10-1-2-12-9/h3-5,9-10,12-13H,1-2,6H2/t9-/m0/s1. The molecule has 1 fully saturated rings. The molecular formula is C9H13N3O. The number of pyridine rings is 1. The Hall–Kier alpha value is -1.13. The van der Waals surface area contributed by atoms with Crippen LogP contribution in [-0.4, -0.2) is 29.7 Å². The molecule has 70 valence electrons. The zero-order valence-corrected chi connectivity index (χ0v) is 7.33. The van der Waals surface area contributed by atoms with Crippen LogP contribution in [-0.2, 0) is 0 Å². The van der Waals surface area contributed by atoms with Gasteiger partial charge in [-0.1, -0.05) is 0 Å². The Morgan fingerprint density at radius 1 is 1.38 bits per heavy atom. The highest BCUT2D eigenvalue weighted by atomic mass is 16.3. The Morgan fingerprint density at radius 2 is 2.31 bits per heavy atom. The van der Waals surface area contributed by atoms with E-state index in [2.05, 4.69) is 15.6 Å². The number of nitrogens with zero attached hydrogens (tertiary/aromatic N) is 1. The summed E-state index contributed by atoms with van der Waals surface area (Å²) in [5, 5.41) is 15.9. The van der Waals surface area contributed by atoms with E-state index in [0.717, 1.165) is 25.2 Å². The molecule has 4 nitrogen and oxygen atoms in total. The molecule has 2 rings (SSSR count). The third kappa shape index (κ3) is 1.96. The Labute approximate surface area is 77.0 Å². The van der Waals surface area contributed by atoms with Gasteiger partial charge in [-0.25, -0.2) is 0 Å². The zero-order chi connectivity index (χ0) is 9.10. The molecule has 1 aromatic heterocycles. The molecule has 0 saturated carbocycles. The minimum atomic E-state index is 0.227. The van der Waals surface area contributed by atoms with Crippen LogP contribution >= 0.6 is 0 Å². The van der Waals surface area contributed by atoms with Gasteiger partial charge in [0.2, 0.25) is 0 Å². The van der Waals surface area contributed by atoms with Crippen molar-refractivity contribution in [3.8, 4) is 5.75 Å². The Morgan fingerprint density at radius 3 is 3.00 bits per heavy atom. The lowest BCUT2D eigenvalue weighted by Gasteiger charge is -2.24. The normalized spacial score (nSPS) is 22.9. The molecule has 1 atom stereocenters. The number of hydrogen-bond acceptors (Lipinski definition) is 4. The smallest absolute Gasteiger partial charge is 0.134 e. The first kappa shape index (κ1) is 8.47. The van der Waals surface area contributed by atoms with Crippen molar-refractivity contribution in [2.75, 3.05) is 19.6 Å². The SMILES string of the molecule is Oc1cncc([C@@H]2CNCCN2)c1. The first-order chi connectivity index (χ1) is 6.36. The van der Waals surface area contributed by atoms with Crippen LogP contribution in [0.3, 0.4) is 0 Å². The molecule has 0 spiro atoms. The van der Waals surface area contributed by atoms with Crippen LogP contribution in [0.15, 0.2) is 18.5 Å².